The Balaban J connectivity index is 1.78. The molecule has 0 radical (unpaired) electrons. The second-order valence-corrected chi connectivity index (χ2v) is 6.64. The van der Waals surface area contributed by atoms with E-state index in [1.54, 1.807) is 0 Å². The molecule has 2 aliphatic heterocycles. The molecule has 3 nitrogen and oxygen atoms in total. The third-order valence-electron chi connectivity index (χ3n) is 4.36. The van der Waals surface area contributed by atoms with Gasteiger partial charge in [-0.3, -0.25) is 4.90 Å². The van der Waals surface area contributed by atoms with Crippen LogP contribution in [0.15, 0.2) is 0 Å². The van der Waals surface area contributed by atoms with E-state index in [-0.39, 0.29) is 5.41 Å². The summed E-state index contributed by atoms with van der Waals surface area (Å²) in [6, 6.07) is 0.823. The van der Waals surface area contributed by atoms with Gasteiger partial charge in [0.15, 0.2) is 0 Å². The Labute approximate surface area is 106 Å². The van der Waals surface area contributed by atoms with Gasteiger partial charge in [0.05, 0.1) is 0 Å². The molecule has 2 saturated heterocycles. The Morgan fingerprint density at radius 3 is 2.47 bits per heavy atom. The molecule has 0 spiro atoms. The van der Waals surface area contributed by atoms with E-state index >= 15 is 0 Å². The lowest BCUT2D eigenvalue weighted by atomic mass is 9.93. The average molecular weight is 239 g/mol. The summed E-state index contributed by atoms with van der Waals surface area (Å²) in [6.07, 6.45) is 5.61. The molecular weight excluding hydrogens is 210 g/mol. The van der Waals surface area contributed by atoms with E-state index in [0.29, 0.717) is 0 Å². The van der Waals surface area contributed by atoms with Gasteiger partial charge in [0.1, 0.15) is 0 Å². The highest BCUT2D eigenvalue weighted by atomic mass is 15.3. The average Bonchev–Trinajstić information content (AvgIpc) is 2.78. The first-order valence-electron chi connectivity index (χ1n) is 7.27. The molecule has 2 aliphatic rings. The minimum atomic E-state index is 0.275. The van der Waals surface area contributed by atoms with E-state index in [1.807, 2.05) is 0 Å². The minimum Gasteiger partial charge on any atom is -0.330 e. The highest BCUT2D eigenvalue weighted by Crippen LogP contribution is 2.23. The van der Waals surface area contributed by atoms with Crippen LogP contribution in [0.5, 0.6) is 0 Å². The molecule has 0 aromatic carbocycles. The van der Waals surface area contributed by atoms with Gasteiger partial charge in [-0.15, -0.1) is 0 Å². The standard InChI is InChI=1S/C14H29N3/c1-14(2,11-15)12-16-9-6-13(10-16)17-7-4-3-5-8-17/h13H,3-12,15H2,1-2H3. The van der Waals surface area contributed by atoms with Gasteiger partial charge < -0.3 is 10.6 Å². The van der Waals surface area contributed by atoms with Crippen molar-refractivity contribution in [2.24, 2.45) is 11.1 Å². The summed E-state index contributed by atoms with van der Waals surface area (Å²) in [4.78, 5) is 5.34. The van der Waals surface area contributed by atoms with Crippen LogP contribution in [0.2, 0.25) is 0 Å². The molecule has 3 heteroatoms. The minimum absolute atomic E-state index is 0.275. The third-order valence-corrected chi connectivity index (χ3v) is 4.36. The van der Waals surface area contributed by atoms with Gasteiger partial charge in [-0.1, -0.05) is 20.3 Å². The monoisotopic (exact) mass is 239 g/mol. The summed E-state index contributed by atoms with van der Waals surface area (Å²) in [7, 11) is 0. The zero-order valence-electron chi connectivity index (χ0n) is 11.6. The second kappa shape index (κ2) is 5.68. The van der Waals surface area contributed by atoms with E-state index in [1.165, 1.54) is 51.9 Å². The SMILES string of the molecule is CC(C)(CN)CN1CCC(N2CCCCC2)C1. The number of hydrogen-bond acceptors (Lipinski definition) is 3. The van der Waals surface area contributed by atoms with Crippen LogP contribution in [0, 0.1) is 5.41 Å². The van der Waals surface area contributed by atoms with Gasteiger partial charge in [-0.05, 0) is 50.9 Å². The summed E-state index contributed by atoms with van der Waals surface area (Å²) in [5, 5.41) is 0. The molecule has 17 heavy (non-hydrogen) atoms. The van der Waals surface area contributed by atoms with Crippen molar-refractivity contribution in [1.29, 1.82) is 0 Å². The number of nitrogens with two attached hydrogens (primary N) is 1. The van der Waals surface area contributed by atoms with Crippen LogP contribution in [0.3, 0.4) is 0 Å². The van der Waals surface area contributed by atoms with Crippen molar-refractivity contribution in [1.82, 2.24) is 9.80 Å². The van der Waals surface area contributed by atoms with Crippen molar-refractivity contribution in [2.75, 3.05) is 39.3 Å². The Kier molecular flexibility index (Phi) is 4.45. The summed E-state index contributed by atoms with van der Waals surface area (Å²) in [5.41, 5.74) is 6.10. The van der Waals surface area contributed by atoms with Gasteiger partial charge in [0, 0.05) is 19.1 Å². The summed E-state index contributed by atoms with van der Waals surface area (Å²) in [6.45, 7) is 11.7. The van der Waals surface area contributed by atoms with Crippen LogP contribution in [0.25, 0.3) is 0 Å². The predicted molar refractivity (Wildman–Crippen MR) is 73.1 cm³/mol. The Bertz CT molecular complexity index is 234. The molecule has 0 aliphatic carbocycles. The van der Waals surface area contributed by atoms with Crippen molar-refractivity contribution in [3.63, 3.8) is 0 Å². The van der Waals surface area contributed by atoms with Gasteiger partial charge >= 0.3 is 0 Å². The van der Waals surface area contributed by atoms with Crippen LogP contribution in [-0.2, 0) is 0 Å². The lowest BCUT2D eigenvalue weighted by molar-refractivity contribution is 0.150. The number of likely N-dealkylation sites (tertiary alicyclic amines) is 2. The lowest BCUT2D eigenvalue weighted by Gasteiger charge is -2.33. The molecule has 1 unspecified atom stereocenters. The maximum atomic E-state index is 5.82. The van der Waals surface area contributed by atoms with E-state index in [4.69, 9.17) is 5.73 Å². The molecule has 1 atom stereocenters. The Hall–Kier alpha value is -0.120. The Morgan fingerprint density at radius 1 is 1.12 bits per heavy atom. The summed E-state index contributed by atoms with van der Waals surface area (Å²) in [5.74, 6) is 0. The smallest absolute Gasteiger partial charge is 0.0235 e. The zero-order chi connectivity index (χ0) is 12.3. The third kappa shape index (κ3) is 3.67. The van der Waals surface area contributed by atoms with E-state index in [9.17, 15) is 0 Å². The van der Waals surface area contributed by atoms with Crippen molar-refractivity contribution in [3.05, 3.63) is 0 Å². The molecule has 0 amide bonds. The van der Waals surface area contributed by atoms with Crippen molar-refractivity contribution >= 4 is 0 Å². The van der Waals surface area contributed by atoms with E-state index in [2.05, 4.69) is 23.6 Å². The van der Waals surface area contributed by atoms with Crippen LogP contribution < -0.4 is 5.73 Å². The van der Waals surface area contributed by atoms with Crippen molar-refractivity contribution in [3.8, 4) is 0 Å². The summed E-state index contributed by atoms with van der Waals surface area (Å²) >= 11 is 0. The Morgan fingerprint density at radius 2 is 1.82 bits per heavy atom. The quantitative estimate of drug-likeness (QED) is 0.807. The van der Waals surface area contributed by atoms with Crippen molar-refractivity contribution in [2.45, 2.75) is 45.6 Å². The molecule has 0 saturated carbocycles. The lowest BCUT2D eigenvalue weighted by Crippen LogP contribution is -2.43. The highest BCUT2D eigenvalue weighted by Gasteiger charge is 2.30. The van der Waals surface area contributed by atoms with Crippen LogP contribution in [-0.4, -0.2) is 55.1 Å². The van der Waals surface area contributed by atoms with Gasteiger partial charge in [-0.2, -0.15) is 0 Å². The highest BCUT2D eigenvalue weighted by molar-refractivity contribution is 4.87. The fourth-order valence-electron chi connectivity index (χ4n) is 3.21. The van der Waals surface area contributed by atoms with Gasteiger partial charge in [0.25, 0.3) is 0 Å². The molecule has 2 fully saturated rings. The van der Waals surface area contributed by atoms with Crippen LogP contribution >= 0.6 is 0 Å². The number of nitrogens with zero attached hydrogens (tertiary/aromatic N) is 2. The van der Waals surface area contributed by atoms with Crippen molar-refractivity contribution < 1.29 is 0 Å². The zero-order valence-corrected chi connectivity index (χ0v) is 11.6. The normalized spacial score (nSPS) is 28.8. The molecule has 2 N–H and O–H groups in total. The van der Waals surface area contributed by atoms with E-state index < -0.39 is 0 Å². The molecule has 0 aromatic heterocycles. The largest absolute Gasteiger partial charge is 0.330 e. The fourth-order valence-corrected chi connectivity index (χ4v) is 3.21. The first kappa shape index (κ1) is 13.3. The second-order valence-electron chi connectivity index (χ2n) is 6.64. The molecule has 0 aromatic rings. The first-order chi connectivity index (χ1) is 8.11. The molecule has 2 heterocycles. The van der Waals surface area contributed by atoms with Gasteiger partial charge in [0.2, 0.25) is 0 Å². The van der Waals surface area contributed by atoms with Crippen LogP contribution in [0.1, 0.15) is 39.5 Å². The fraction of sp³-hybridized carbons (Fsp3) is 1.00. The first-order valence-corrected chi connectivity index (χ1v) is 7.27. The predicted octanol–water partition coefficient (Wildman–Crippen LogP) is 1.53. The van der Waals surface area contributed by atoms with E-state index in [0.717, 1.165) is 19.1 Å². The molecule has 0 bridgehead atoms. The number of piperidine rings is 1. The maximum absolute atomic E-state index is 5.82. The molecule has 2 rings (SSSR count). The molecule has 100 valence electrons. The number of hydrogen-bond donors (Lipinski definition) is 1. The maximum Gasteiger partial charge on any atom is 0.0235 e. The number of rotatable bonds is 4. The van der Waals surface area contributed by atoms with Crippen LogP contribution in [0.4, 0.5) is 0 Å². The molecular formula is C14H29N3. The topological polar surface area (TPSA) is 32.5 Å². The summed E-state index contributed by atoms with van der Waals surface area (Å²) < 4.78 is 0. The van der Waals surface area contributed by atoms with Gasteiger partial charge in [-0.25, -0.2) is 0 Å².